The number of piperidine rings is 1. The molecule has 0 aromatic carbocycles. The summed E-state index contributed by atoms with van der Waals surface area (Å²) in [7, 11) is -3.57. The first-order valence-corrected chi connectivity index (χ1v) is 10.8. The maximum atomic E-state index is 13.0. The highest BCUT2D eigenvalue weighted by Gasteiger charge is 2.32. The lowest BCUT2D eigenvalue weighted by molar-refractivity contribution is -0.122. The molecule has 1 atom stereocenters. The summed E-state index contributed by atoms with van der Waals surface area (Å²) in [5.41, 5.74) is 0.959. The number of nitrogens with one attached hydrogen (secondary N) is 1. The summed E-state index contributed by atoms with van der Waals surface area (Å²) in [6.45, 7) is 5.74. The third-order valence-electron chi connectivity index (χ3n) is 5.07. The van der Waals surface area contributed by atoms with Gasteiger partial charge in [-0.1, -0.05) is 6.42 Å². The highest BCUT2D eigenvalue weighted by molar-refractivity contribution is 7.89. The van der Waals surface area contributed by atoms with Crippen LogP contribution in [0.4, 0.5) is 0 Å². The average molecular weight is 385 g/mol. The molecule has 2 saturated heterocycles. The number of sulfonamides is 1. The number of rotatable bonds is 6. The molecule has 146 valence electrons. The molecule has 1 aromatic rings. The number of hydrogen-bond acceptors (Lipinski definition) is 5. The zero-order valence-electron chi connectivity index (χ0n) is 15.5. The quantitative estimate of drug-likeness (QED) is 0.789. The first-order valence-electron chi connectivity index (χ1n) is 9.32. The number of amides is 1. The fourth-order valence-electron chi connectivity index (χ4n) is 3.67. The van der Waals surface area contributed by atoms with E-state index in [2.05, 4.69) is 10.4 Å². The molecule has 2 aliphatic heterocycles. The topological polar surface area (TPSA) is 93.5 Å². The van der Waals surface area contributed by atoms with Gasteiger partial charge in [0, 0.05) is 26.2 Å². The van der Waals surface area contributed by atoms with Crippen molar-refractivity contribution in [2.24, 2.45) is 0 Å². The normalized spacial score (nSPS) is 21.8. The van der Waals surface area contributed by atoms with Gasteiger partial charge in [-0.15, -0.1) is 0 Å². The minimum absolute atomic E-state index is 0.00884. The molecule has 0 saturated carbocycles. The van der Waals surface area contributed by atoms with Gasteiger partial charge >= 0.3 is 0 Å². The van der Waals surface area contributed by atoms with Crippen molar-refractivity contribution in [3.8, 4) is 0 Å². The molecular formula is C17H28N4O4S. The van der Waals surface area contributed by atoms with E-state index in [9.17, 15) is 13.2 Å². The van der Waals surface area contributed by atoms with Crippen LogP contribution < -0.4 is 5.32 Å². The van der Waals surface area contributed by atoms with Crippen molar-refractivity contribution in [1.29, 1.82) is 0 Å². The second-order valence-electron chi connectivity index (χ2n) is 7.06. The number of aryl methyl sites for hydroxylation is 1. The van der Waals surface area contributed by atoms with Gasteiger partial charge in [0.15, 0.2) is 0 Å². The van der Waals surface area contributed by atoms with Crippen molar-refractivity contribution in [3.63, 3.8) is 0 Å². The molecule has 1 unspecified atom stereocenters. The van der Waals surface area contributed by atoms with Crippen LogP contribution in [0.5, 0.6) is 0 Å². The zero-order chi connectivity index (χ0) is 18.7. The second kappa shape index (κ2) is 8.06. The molecule has 8 nitrogen and oxygen atoms in total. The molecule has 1 aromatic heterocycles. The van der Waals surface area contributed by atoms with E-state index in [-0.39, 0.29) is 23.5 Å². The molecule has 0 aliphatic carbocycles. The third kappa shape index (κ3) is 4.10. The van der Waals surface area contributed by atoms with Gasteiger partial charge in [0.25, 0.3) is 0 Å². The third-order valence-corrected chi connectivity index (χ3v) is 7.22. The zero-order valence-corrected chi connectivity index (χ0v) is 16.3. The Bertz CT molecular complexity index is 747. The van der Waals surface area contributed by atoms with Crippen LogP contribution in [0.25, 0.3) is 0 Å². The Morgan fingerprint density at radius 3 is 2.62 bits per heavy atom. The molecule has 2 fully saturated rings. The summed E-state index contributed by atoms with van der Waals surface area (Å²) in [6, 6.07) is 0. The smallest absolute Gasteiger partial charge is 0.246 e. The van der Waals surface area contributed by atoms with Gasteiger partial charge in [0.1, 0.15) is 11.4 Å². The Morgan fingerprint density at radius 1 is 1.23 bits per heavy atom. The Balaban J connectivity index is 1.69. The number of nitrogens with zero attached hydrogens (tertiary/aromatic N) is 3. The van der Waals surface area contributed by atoms with Gasteiger partial charge < -0.3 is 10.1 Å². The Labute approximate surface area is 154 Å². The van der Waals surface area contributed by atoms with Crippen LogP contribution >= 0.6 is 0 Å². The lowest BCUT2D eigenvalue weighted by Gasteiger charge is -2.25. The number of hydrogen-bond donors (Lipinski definition) is 1. The van der Waals surface area contributed by atoms with E-state index in [0.29, 0.717) is 31.0 Å². The Morgan fingerprint density at radius 2 is 1.96 bits per heavy atom. The van der Waals surface area contributed by atoms with Gasteiger partial charge in [-0.05, 0) is 39.5 Å². The molecule has 0 spiro atoms. The molecular weight excluding hydrogens is 356 g/mol. The fraction of sp³-hybridized carbons (Fsp3) is 0.765. The molecule has 0 bridgehead atoms. The highest BCUT2D eigenvalue weighted by Crippen LogP contribution is 2.26. The van der Waals surface area contributed by atoms with Crippen molar-refractivity contribution in [1.82, 2.24) is 19.4 Å². The molecule has 1 amide bonds. The Kier molecular flexibility index (Phi) is 5.99. The van der Waals surface area contributed by atoms with Crippen LogP contribution in [0, 0.1) is 13.8 Å². The number of carbonyl (C=O) groups excluding carboxylic acids is 1. The first kappa shape index (κ1) is 19.3. The summed E-state index contributed by atoms with van der Waals surface area (Å²) < 4.78 is 34.5. The second-order valence-corrected chi connectivity index (χ2v) is 8.94. The molecule has 26 heavy (non-hydrogen) atoms. The summed E-state index contributed by atoms with van der Waals surface area (Å²) in [5.74, 6) is -0.187. The van der Waals surface area contributed by atoms with E-state index < -0.39 is 10.0 Å². The number of carbonyl (C=O) groups is 1. The van der Waals surface area contributed by atoms with Gasteiger partial charge in [-0.2, -0.15) is 9.40 Å². The van der Waals surface area contributed by atoms with Crippen LogP contribution in [-0.4, -0.2) is 60.8 Å². The van der Waals surface area contributed by atoms with Crippen molar-refractivity contribution < 1.29 is 17.9 Å². The van der Waals surface area contributed by atoms with Gasteiger partial charge in [-0.3, -0.25) is 9.48 Å². The summed E-state index contributed by atoms with van der Waals surface area (Å²) in [5, 5.41) is 7.16. The van der Waals surface area contributed by atoms with E-state index in [1.165, 1.54) is 8.99 Å². The largest absolute Gasteiger partial charge is 0.376 e. The summed E-state index contributed by atoms with van der Waals surface area (Å²) in [4.78, 5) is 12.4. The standard InChI is InChI=1S/C17H28N4O4S/c1-13-17(26(23,24)20-8-4-3-5-9-20)14(2)21(19-13)12-16(22)18-11-15-7-6-10-25-15/h15H,3-12H2,1-2H3,(H,18,22). The number of ether oxygens (including phenoxy) is 1. The van der Waals surface area contributed by atoms with Gasteiger partial charge in [0.2, 0.25) is 15.9 Å². The van der Waals surface area contributed by atoms with Crippen LogP contribution in [0.2, 0.25) is 0 Å². The molecule has 3 rings (SSSR count). The summed E-state index contributed by atoms with van der Waals surface area (Å²) in [6.07, 6.45) is 4.89. The minimum atomic E-state index is -3.57. The maximum absolute atomic E-state index is 13.0. The molecule has 3 heterocycles. The average Bonchev–Trinajstić information content (AvgIpc) is 3.22. The van der Waals surface area contributed by atoms with Crippen molar-refractivity contribution in [3.05, 3.63) is 11.4 Å². The van der Waals surface area contributed by atoms with Crippen LogP contribution in [0.3, 0.4) is 0 Å². The van der Waals surface area contributed by atoms with Crippen LogP contribution in [0.15, 0.2) is 4.90 Å². The van der Waals surface area contributed by atoms with E-state index in [1.54, 1.807) is 13.8 Å². The summed E-state index contributed by atoms with van der Waals surface area (Å²) >= 11 is 0. The van der Waals surface area contributed by atoms with Crippen molar-refractivity contribution in [2.75, 3.05) is 26.2 Å². The lowest BCUT2D eigenvalue weighted by Crippen LogP contribution is -2.36. The lowest BCUT2D eigenvalue weighted by atomic mass is 10.2. The molecule has 0 radical (unpaired) electrons. The van der Waals surface area contributed by atoms with Crippen LogP contribution in [-0.2, 0) is 26.1 Å². The first-order chi connectivity index (χ1) is 12.4. The monoisotopic (exact) mass is 384 g/mol. The van der Waals surface area contributed by atoms with Gasteiger partial charge in [-0.25, -0.2) is 8.42 Å². The van der Waals surface area contributed by atoms with Crippen molar-refractivity contribution >= 4 is 15.9 Å². The molecule has 1 N–H and O–H groups in total. The van der Waals surface area contributed by atoms with E-state index in [0.717, 1.165) is 38.7 Å². The molecule has 2 aliphatic rings. The SMILES string of the molecule is Cc1nn(CC(=O)NCC2CCCO2)c(C)c1S(=O)(=O)N1CCCCC1. The predicted molar refractivity (Wildman–Crippen MR) is 96.3 cm³/mol. The van der Waals surface area contributed by atoms with Crippen molar-refractivity contribution in [2.45, 2.75) is 63.5 Å². The number of aromatic nitrogens is 2. The van der Waals surface area contributed by atoms with E-state index in [1.807, 2.05) is 0 Å². The molecule has 9 heteroatoms. The van der Waals surface area contributed by atoms with Gasteiger partial charge in [0.05, 0.1) is 17.5 Å². The fourth-order valence-corrected chi connectivity index (χ4v) is 5.56. The van der Waals surface area contributed by atoms with E-state index in [4.69, 9.17) is 4.74 Å². The highest BCUT2D eigenvalue weighted by atomic mass is 32.2. The van der Waals surface area contributed by atoms with Crippen LogP contribution in [0.1, 0.15) is 43.5 Å². The predicted octanol–water partition coefficient (Wildman–Crippen LogP) is 0.970. The maximum Gasteiger partial charge on any atom is 0.246 e. The van der Waals surface area contributed by atoms with E-state index >= 15 is 0 Å². The Hall–Kier alpha value is -1.45. The minimum Gasteiger partial charge on any atom is -0.376 e.